The van der Waals surface area contributed by atoms with E-state index >= 15 is 0 Å². The number of furan rings is 1. The molecule has 0 radical (unpaired) electrons. The van der Waals surface area contributed by atoms with Crippen molar-refractivity contribution in [3.05, 3.63) is 194 Å². The zero-order valence-electron chi connectivity index (χ0n) is 34.0. The number of rotatable bonds is 5. The fourth-order valence-corrected chi connectivity index (χ4v) is 11.9. The number of hydrogen-bond acceptors (Lipinski definition) is 6. The largest absolute Gasteiger partial charge is 0.456 e. The standard InChI is InChI=1S/C57H32N4OS2/c1-2-11-37(12-3-1)61-46-17-7-4-15-44(46)54-38(16-10-18-47(54)61)33-21-25-39-40-26-22-35(31-49(40)62-48(39)30-33)56-58-55(34-24-28-52-45(29-34)42-14-6-9-20-51(42)63-52)59-57(60-56)36-23-27-43-41-13-5-8-19-50(41)64-53(43)32-36/h1-32H. The molecule has 0 spiro atoms. The van der Waals surface area contributed by atoms with Crippen LogP contribution in [0.15, 0.2) is 199 Å². The SMILES string of the molecule is c1ccc(-n2c3ccccc3c3c(-c4ccc5c(c4)oc4cc(-c6nc(-c7ccc8c(c7)sc7ccccc78)nc(-c7ccc8sc9ccccc9c8c7)n6)ccc45)cccc32)cc1. The first-order valence-corrected chi connectivity index (χ1v) is 23.0. The lowest BCUT2D eigenvalue weighted by atomic mass is 9.98. The van der Waals surface area contributed by atoms with Gasteiger partial charge in [-0.05, 0) is 96.1 Å². The van der Waals surface area contributed by atoms with Crippen LogP contribution in [0.25, 0.3) is 135 Å². The molecule has 64 heavy (non-hydrogen) atoms. The van der Waals surface area contributed by atoms with Gasteiger partial charge in [0.25, 0.3) is 0 Å². The van der Waals surface area contributed by atoms with Gasteiger partial charge >= 0.3 is 0 Å². The molecule has 0 fully saturated rings. The van der Waals surface area contributed by atoms with Crippen molar-refractivity contribution in [3.63, 3.8) is 0 Å². The fourth-order valence-electron chi connectivity index (χ4n) is 9.69. The van der Waals surface area contributed by atoms with Crippen molar-refractivity contribution in [1.82, 2.24) is 19.5 Å². The molecule has 5 heterocycles. The zero-order chi connectivity index (χ0) is 41.9. The van der Waals surface area contributed by atoms with Gasteiger partial charge in [-0.15, -0.1) is 22.7 Å². The van der Waals surface area contributed by atoms with Crippen LogP contribution in [0.3, 0.4) is 0 Å². The highest BCUT2D eigenvalue weighted by Crippen LogP contribution is 2.42. The summed E-state index contributed by atoms with van der Waals surface area (Å²) in [5.41, 5.74) is 10.1. The second kappa shape index (κ2) is 13.8. The van der Waals surface area contributed by atoms with E-state index in [1.165, 1.54) is 67.7 Å². The summed E-state index contributed by atoms with van der Waals surface area (Å²) in [7, 11) is 0. The molecular formula is C57H32N4OS2. The summed E-state index contributed by atoms with van der Waals surface area (Å²) in [6.07, 6.45) is 0. The first-order chi connectivity index (χ1) is 31.7. The van der Waals surface area contributed by atoms with E-state index in [1.807, 2.05) is 11.3 Å². The van der Waals surface area contributed by atoms with E-state index in [0.717, 1.165) is 49.9 Å². The van der Waals surface area contributed by atoms with Crippen LogP contribution in [0.4, 0.5) is 0 Å². The summed E-state index contributed by atoms with van der Waals surface area (Å²) in [4.78, 5) is 15.6. The van der Waals surface area contributed by atoms with Gasteiger partial charge in [0.15, 0.2) is 17.5 Å². The molecule has 0 atom stereocenters. The smallest absolute Gasteiger partial charge is 0.164 e. The third-order valence-electron chi connectivity index (χ3n) is 12.7. The van der Waals surface area contributed by atoms with E-state index in [1.54, 1.807) is 11.3 Å². The second-order valence-electron chi connectivity index (χ2n) is 16.3. The Morgan fingerprint density at radius 2 is 0.859 bits per heavy atom. The van der Waals surface area contributed by atoms with E-state index in [0.29, 0.717) is 17.5 Å². The maximum atomic E-state index is 6.76. The highest BCUT2D eigenvalue weighted by atomic mass is 32.1. The van der Waals surface area contributed by atoms with Crippen LogP contribution < -0.4 is 0 Å². The predicted octanol–water partition coefficient (Wildman–Crippen LogP) is 16.3. The lowest BCUT2D eigenvalue weighted by molar-refractivity contribution is 0.669. The maximum Gasteiger partial charge on any atom is 0.164 e. The Morgan fingerprint density at radius 1 is 0.344 bits per heavy atom. The molecule has 0 aliphatic carbocycles. The first kappa shape index (κ1) is 35.6. The minimum Gasteiger partial charge on any atom is -0.456 e. The van der Waals surface area contributed by atoms with Crippen LogP contribution in [0.5, 0.6) is 0 Å². The molecule has 14 aromatic rings. The molecule has 0 aliphatic rings. The van der Waals surface area contributed by atoms with Crippen molar-refractivity contribution < 1.29 is 4.42 Å². The van der Waals surface area contributed by atoms with Gasteiger partial charge in [-0.25, -0.2) is 15.0 Å². The Hall–Kier alpha value is -7.97. The number of nitrogens with zero attached hydrogens (tertiary/aromatic N) is 4. The Bertz CT molecular complexity index is 4210. The van der Waals surface area contributed by atoms with E-state index in [2.05, 4.69) is 199 Å². The predicted molar refractivity (Wildman–Crippen MR) is 269 cm³/mol. The van der Waals surface area contributed by atoms with E-state index < -0.39 is 0 Å². The number of hydrogen-bond donors (Lipinski definition) is 0. The Morgan fingerprint density at radius 3 is 1.61 bits per heavy atom. The Kier molecular flexibility index (Phi) is 7.66. The monoisotopic (exact) mass is 852 g/mol. The van der Waals surface area contributed by atoms with Crippen molar-refractivity contribution >= 4 is 107 Å². The van der Waals surface area contributed by atoms with Crippen LogP contribution in [-0.4, -0.2) is 19.5 Å². The molecule has 14 rings (SSSR count). The van der Waals surface area contributed by atoms with Crippen LogP contribution in [-0.2, 0) is 0 Å². The van der Waals surface area contributed by atoms with Crippen molar-refractivity contribution in [3.8, 4) is 51.0 Å². The van der Waals surface area contributed by atoms with Crippen molar-refractivity contribution in [2.75, 3.05) is 0 Å². The van der Waals surface area contributed by atoms with Crippen molar-refractivity contribution in [1.29, 1.82) is 0 Å². The highest BCUT2D eigenvalue weighted by Gasteiger charge is 2.19. The molecule has 0 saturated heterocycles. The topological polar surface area (TPSA) is 56.7 Å². The van der Waals surface area contributed by atoms with Gasteiger partial charge in [-0.3, -0.25) is 0 Å². The van der Waals surface area contributed by atoms with Gasteiger partial charge in [0.05, 0.1) is 11.0 Å². The molecule has 5 aromatic heterocycles. The molecule has 0 saturated carbocycles. The lowest BCUT2D eigenvalue weighted by Gasteiger charge is -2.09. The average molecular weight is 853 g/mol. The maximum absolute atomic E-state index is 6.76. The van der Waals surface area contributed by atoms with Crippen LogP contribution in [0.1, 0.15) is 0 Å². The first-order valence-electron chi connectivity index (χ1n) is 21.3. The zero-order valence-corrected chi connectivity index (χ0v) is 35.6. The van der Waals surface area contributed by atoms with E-state index in [9.17, 15) is 0 Å². The number of benzene rings is 9. The summed E-state index contributed by atoms with van der Waals surface area (Å²) in [5.74, 6) is 1.86. The summed E-state index contributed by atoms with van der Waals surface area (Å²) in [6.45, 7) is 0. The van der Waals surface area contributed by atoms with Crippen LogP contribution in [0.2, 0.25) is 0 Å². The molecule has 5 nitrogen and oxygen atoms in total. The molecule has 9 aromatic carbocycles. The van der Waals surface area contributed by atoms with Gasteiger partial charge in [0.2, 0.25) is 0 Å². The molecule has 7 heteroatoms. The van der Waals surface area contributed by atoms with Gasteiger partial charge in [0, 0.05) is 84.3 Å². The molecular weight excluding hydrogens is 821 g/mol. The third-order valence-corrected chi connectivity index (χ3v) is 14.9. The van der Waals surface area contributed by atoms with Gasteiger partial charge in [-0.1, -0.05) is 109 Å². The normalized spacial score (nSPS) is 12.1. The number of thiophene rings is 2. The average Bonchev–Trinajstić information content (AvgIpc) is 4.12. The second-order valence-corrected chi connectivity index (χ2v) is 18.5. The van der Waals surface area contributed by atoms with Crippen LogP contribution >= 0.6 is 22.7 Å². The molecule has 0 N–H and O–H groups in total. The lowest BCUT2D eigenvalue weighted by Crippen LogP contribution is -2.00. The van der Waals surface area contributed by atoms with E-state index in [-0.39, 0.29) is 0 Å². The molecule has 0 aliphatic heterocycles. The summed E-state index contributed by atoms with van der Waals surface area (Å²) in [5, 5.41) is 9.49. The molecule has 298 valence electrons. The summed E-state index contributed by atoms with van der Waals surface area (Å²) < 4.78 is 14.1. The van der Waals surface area contributed by atoms with Gasteiger partial charge in [-0.2, -0.15) is 0 Å². The highest BCUT2D eigenvalue weighted by molar-refractivity contribution is 7.26. The fraction of sp³-hybridized carbons (Fsp3) is 0. The van der Waals surface area contributed by atoms with Gasteiger partial charge in [0.1, 0.15) is 11.2 Å². The number of fused-ring (bicyclic) bond motifs is 12. The Labute approximate surface area is 373 Å². The molecule has 0 bridgehead atoms. The third kappa shape index (κ3) is 5.45. The van der Waals surface area contributed by atoms with Crippen molar-refractivity contribution in [2.45, 2.75) is 0 Å². The van der Waals surface area contributed by atoms with Crippen LogP contribution in [0, 0.1) is 0 Å². The molecule has 0 amide bonds. The Balaban J connectivity index is 0.915. The minimum absolute atomic E-state index is 0.594. The van der Waals surface area contributed by atoms with Crippen molar-refractivity contribution in [2.24, 2.45) is 0 Å². The van der Waals surface area contributed by atoms with Gasteiger partial charge < -0.3 is 8.98 Å². The number of aromatic nitrogens is 4. The molecule has 0 unspecified atom stereocenters. The summed E-state index contributed by atoms with van der Waals surface area (Å²) >= 11 is 3.60. The summed E-state index contributed by atoms with van der Waals surface area (Å²) in [6, 6.07) is 69.1. The quantitative estimate of drug-likeness (QED) is 0.173. The number of para-hydroxylation sites is 2. The minimum atomic E-state index is 0.594. The van der Waals surface area contributed by atoms with E-state index in [4.69, 9.17) is 19.4 Å².